The zero-order valence-corrected chi connectivity index (χ0v) is 15.6. The molecule has 0 spiro atoms. The minimum Gasteiger partial charge on any atom is -0.369 e. The molecule has 0 atom stereocenters. The van der Waals surface area contributed by atoms with E-state index in [0.717, 1.165) is 49.7 Å². The molecule has 0 unspecified atom stereocenters. The number of aromatic nitrogens is 2. The van der Waals surface area contributed by atoms with Crippen molar-refractivity contribution in [3.05, 3.63) is 73.8 Å². The molecular weight excluding hydrogens is 364 g/mol. The first-order valence-corrected chi connectivity index (χ1v) is 9.44. The van der Waals surface area contributed by atoms with E-state index in [1.54, 1.807) is 0 Å². The predicted octanol–water partition coefficient (Wildman–Crippen LogP) is 2.23. The molecule has 3 aromatic rings. The Morgan fingerprint density at radius 1 is 0.852 bits per heavy atom. The van der Waals surface area contributed by atoms with E-state index in [-0.39, 0.29) is 0 Å². The minimum absolute atomic E-state index is 0.613. The van der Waals surface area contributed by atoms with E-state index in [0.29, 0.717) is 11.0 Å². The Kier molecular flexibility index (Phi) is 5.01. The summed E-state index contributed by atoms with van der Waals surface area (Å²) in [6.07, 6.45) is 0.901. The molecule has 1 aliphatic rings. The second-order valence-electron chi connectivity index (χ2n) is 6.84. The van der Waals surface area contributed by atoms with Gasteiger partial charge in [0.05, 0.1) is 11.0 Å². The van der Waals surface area contributed by atoms with Crippen LogP contribution in [0.25, 0.3) is 11.0 Å². The molecular formula is C20H21ClN4O2. The van der Waals surface area contributed by atoms with Crippen molar-refractivity contribution >= 4 is 28.3 Å². The Bertz CT molecular complexity index is 1050. The first-order valence-electron chi connectivity index (χ1n) is 9.06. The van der Waals surface area contributed by atoms with E-state index in [4.69, 9.17) is 11.6 Å². The number of fused-ring (bicyclic) bond motifs is 1. The third-order valence-electron chi connectivity index (χ3n) is 5.07. The van der Waals surface area contributed by atoms with Gasteiger partial charge in [-0.2, -0.15) is 0 Å². The Morgan fingerprint density at radius 2 is 1.52 bits per heavy atom. The molecule has 27 heavy (non-hydrogen) atoms. The number of benzene rings is 2. The van der Waals surface area contributed by atoms with Gasteiger partial charge in [0.2, 0.25) is 0 Å². The van der Waals surface area contributed by atoms with Crippen LogP contribution in [0.1, 0.15) is 5.56 Å². The molecule has 0 saturated carbocycles. The van der Waals surface area contributed by atoms with E-state index in [9.17, 15) is 9.59 Å². The Hall–Kier alpha value is -2.57. The average molecular weight is 385 g/mol. The Balaban J connectivity index is 1.35. The van der Waals surface area contributed by atoms with Crippen LogP contribution >= 0.6 is 11.6 Å². The van der Waals surface area contributed by atoms with Crippen LogP contribution in [0.15, 0.2) is 52.1 Å². The predicted molar refractivity (Wildman–Crippen MR) is 109 cm³/mol. The minimum atomic E-state index is -0.617. The van der Waals surface area contributed by atoms with Gasteiger partial charge in [0.15, 0.2) is 0 Å². The van der Waals surface area contributed by atoms with Crippen LogP contribution in [0.5, 0.6) is 0 Å². The highest BCUT2D eigenvalue weighted by Gasteiger charge is 2.17. The standard InChI is InChI=1S/C20H21ClN4O2/c21-15-2-4-16(5-3-15)25-11-9-24(10-12-25)8-7-14-1-6-17-18(13-14)23-20(27)19(26)22-17/h1-6,13H,7-12H2,(H,22,26)(H,23,27). The topological polar surface area (TPSA) is 72.2 Å². The maximum Gasteiger partial charge on any atom is 0.314 e. The highest BCUT2D eigenvalue weighted by atomic mass is 35.5. The van der Waals surface area contributed by atoms with Crippen molar-refractivity contribution < 1.29 is 0 Å². The van der Waals surface area contributed by atoms with Crippen molar-refractivity contribution in [2.75, 3.05) is 37.6 Å². The summed E-state index contributed by atoms with van der Waals surface area (Å²) in [5.41, 5.74) is 2.45. The molecule has 0 aliphatic carbocycles. The van der Waals surface area contributed by atoms with E-state index in [1.807, 2.05) is 30.3 Å². The smallest absolute Gasteiger partial charge is 0.314 e. The Morgan fingerprint density at radius 3 is 2.22 bits per heavy atom. The highest BCUT2D eigenvalue weighted by Crippen LogP contribution is 2.19. The second-order valence-corrected chi connectivity index (χ2v) is 7.28. The normalized spacial score (nSPS) is 15.4. The number of halogens is 1. The molecule has 2 aromatic carbocycles. The van der Waals surface area contributed by atoms with Gasteiger partial charge in [0.25, 0.3) is 0 Å². The van der Waals surface area contributed by atoms with E-state index >= 15 is 0 Å². The maximum atomic E-state index is 11.5. The lowest BCUT2D eigenvalue weighted by atomic mass is 10.1. The van der Waals surface area contributed by atoms with Crippen LogP contribution in [-0.2, 0) is 6.42 Å². The summed E-state index contributed by atoms with van der Waals surface area (Å²) in [5.74, 6) is 0. The molecule has 6 nitrogen and oxygen atoms in total. The molecule has 4 rings (SSSR count). The van der Waals surface area contributed by atoms with Gasteiger partial charge in [-0.05, 0) is 48.4 Å². The summed E-state index contributed by atoms with van der Waals surface area (Å²) in [6, 6.07) is 13.8. The third kappa shape index (κ3) is 4.07. The number of rotatable bonds is 4. The summed E-state index contributed by atoms with van der Waals surface area (Å²) in [7, 11) is 0. The van der Waals surface area contributed by atoms with Crippen LogP contribution in [0, 0.1) is 0 Å². The fourth-order valence-corrected chi connectivity index (χ4v) is 3.61. The molecule has 0 bridgehead atoms. The van der Waals surface area contributed by atoms with E-state index in [1.165, 1.54) is 5.69 Å². The lowest BCUT2D eigenvalue weighted by Gasteiger charge is -2.36. The van der Waals surface area contributed by atoms with E-state index < -0.39 is 11.1 Å². The SMILES string of the molecule is O=c1[nH]c2ccc(CCN3CCN(c4ccc(Cl)cc4)CC3)cc2[nH]c1=O. The van der Waals surface area contributed by atoms with Crippen LogP contribution in [0.2, 0.25) is 5.02 Å². The molecule has 0 amide bonds. The van der Waals surface area contributed by atoms with Gasteiger partial charge in [0, 0.05) is 43.4 Å². The largest absolute Gasteiger partial charge is 0.369 e. The fourth-order valence-electron chi connectivity index (χ4n) is 3.49. The molecule has 1 fully saturated rings. The first-order chi connectivity index (χ1) is 13.1. The van der Waals surface area contributed by atoms with Crippen molar-refractivity contribution in [3.8, 4) is 0 Å². The van der Waals surface area contributed by atoms with E-state index in [2.05, 4.69) is 31.9 Å². The van der Waals surface area contributed by atoms with Gasteiger partial charge in [-0.25, -0.2) is 0 Å². The molecule has 140 valence electrons. The number of piperazine rings is 1. The summed E-state index contributed by atoms with van der Waals surface area (Å²) >= 11 is 5.96. The van der Waals surface area contributed by atoms with Crippen molar-refractivity contribution in [2.24, 2.45) is 0 Å². The van der Waals surface area contributed by atoms with Gasteiger partial charge in [-0.1, -0.05) is 17.7 Å². The van der Waals surface area contributed by atoms with Gasteiger partial charge in [-0.15, -0.1) is 0 Å². The number of aromatic amines is 2. The fraction of sp³-hybridized carbons (Fsp3) is 0.300. The van der Waals surface area contributed by atoms with Crippen molar-refractivity contribution in [3.63, 3.8) is 0 Å². The summed E-state index contributed by atoms with van der Waals surface area (Å²) < 4.78 is 0. The van der Waals surface area contributed by atoms with Crippen LogP contribution in [-0.4, -0.2) is 47.6 Å². The molecule has 2 N–H and O–H groups in total. The molecule has 1 aliphatic heterocycles. The van der Waals surface area contributed by atoms with Crippen LogP contribution in [0.4, 0.5) is 5.69 Å². The van der Waals surface area contributed by atoms with Gasteiger partial charge >= 0.3 is 11.1 Å². The number of hydrogen-bond donors (Lipinski definition) is 2. The van der Waals surface area contributed by atoms with Crippen LogP contribution in [0.3, 0.4) is 0 Å². The lowest BCUT2D eigenvalue weighted by Crippen LogP contribution is -2.47. The number of H-pyrrole nitrogens is 2. The van der Waals surface area contributed by atoms with Gasteiger partial charge < -0.3 is 14.9 Å². The quantitative estimate of drug-likeness (QED) is 0.677. The van der Waals surface area contributed by atoms with Crippen LogP contribution < -0.4 is 16.0 Å². The Labute approximate surface area is 161 Å². The second kappa shape index (κ2) is 7.58. The molecule has 7 heteroatoms. The first kappa shape index (κ1) is 17.8. The average Bonchev–Trinajstić information content (AvgIpc) is 2.68. The van der Waals surface area contributed by atoms with Gasteiger partial charge in [0.1, 0.15) is 0 Å². The number of nitrogens with one attached hydrogen (secondary N) is 2. The maximum absolute atomic E-state index is 11.5. The zero-order chi connectivity index (χ0) is 18.8. The summed E-state index contributed by atoms with van der Waals surface area (Å²) in [6.45, 7) is 4.98. The number of hydrogen-bond acceptors (Lipinski definition) is 4. The third-order valence-corrected chi connectivity index (χ3v) is 5.32. The molecule has 0 radical (unpaired) electrons. The molecule has 1 aromatic heterocycles. The van der Waals surface area contributed by atoms with Gasteiger partial charge in [-0.3, -0.25) is 14.5 Å². The summed E-state index contributed by atoms with van der Waals surface area (Å²) in [4.78, 5) is 32.9. The lowest BCUT2D eigenvalue weighted by molar-refractivity contribution is 0.261. The number of anilines is 1. The van der Waals surface area contributed by atoms with Crippen molar-refractivity contribution in [2.45, 2.75) is 6.42 Å². The highest BCUT2D eigenvalue weighted by molar-refractivity contribution is 6.30. The number of nitrogens with zero attached hydrogens (tertiary/aromatic N) is 2. The monoisotopic (exact) mass is 384 g/mol. The van der Waals surface area contributed by atoms with Crippen molar-refractivity contribution in [1.29, 1.82) is 0 Å². The summed E-state index contributed by atoms with van der Waals surface area (Å²) in [5, 5.41) is 0.762. The van der Waals surface area contributed by atoms with Crippen molar-refractivity contribution in [1.82, 2.24) is 14.9 Å². The molecule has 2 heterocycles. The molecule has 1 saturated heterocycles. The zero-order valence-electron chi connectivity index (χ0n) is 14.9.